The van der Waals surface area contributed by atoms with E-state index in [-0.39, 0.29) is 18.8 Å². The molecule has 148 valence electrons. The zero-order chi connectivity index (χ0) is 19.6. The van der Waals surface area contributed by atoms with E-state index < -0.39 is 12.4 Å². The Morgan fingerprint density at radius 1 is 0.893 bits per heavy atom. The molecule has 1 aliphatic rings. The number of methoxy groups -OCH3 is 1. The van der Waals surface area contributed by atoms with Gasteiger partial charge in [-0.15, -0.1) is 6.42 Å². The van der Waals surface area contributed by atoms with E-state index in [1.54, 1.807) is 7.11 Å². The van der Waals surface area contributed by atoms with Crippen LogP contribution in [0.2, 0.25) is 0 Å². The Hall–Kier alpha value is -2.20. The third-order valence-electron chi connectivity index (χ3n) is 4.54. The van der Waals surface area contributed by atoms with Gasteiger partial charge in [0.05, 0.1) is 19.8 Å². The second-order valence-corrected chi connectivity index (χ2v) is 6.52. The molecule has 0 amide bonds. The standard InChI is InChI=1S/C23H26O5/c1-3-14-26-22-21(27-16-19-12-8-5-9-13-19)20(28-23(22)24-2)17-25-15-18-10-6-4-7-11-18/h1,4-13,20-23H,14-17H2,2H3/t20-,21+,22-,23-/m1/s1. The SMILES string of the molecule is C#CCO[C@H]1[C@H](OC)O[C@H](COCc2ccccc2)[C@@H]1OCc1ccccc1. The molecule has 5 heteroatoms. The molecule has 5 nitrogen and oxygen atoms in total. The van der Waals surface area contributed by atoms with E-state index in [0.29, 0.717) is 19.8 Å². The van der Waals surface area contributed by atoms with Crippen molar-refractivity contribution in [3.63, 3.8) is 0 Å². The van der Waals surface area contributed by atoms with Gasteiger partial charge in [-0.25, -0.2) is 0 Å². The molecule has 2 aromatic carbocycles. The molecule has 1 fully saturated rings. The van der Waals surface area contributed by atoms with Crippen LogP contribution in [0.25, 0.3) is 0 Å². The second kappa shape index (κ2) is 11.0. The van der Waals surface area contributed by atoms with Crippen LogP contribution < -0.4 is 0 Å². The summed E-state index contributed by atoms with van der Waals surface area (Å²) >= 11 is 0. The van der Waals surface area contributed by atoms with E-state index in [4.69, 9.17) is 30.1 Å². The smallest absolute Gasteiger partial charge is 0.186 e. The van der Waals surface area contributed by atoms with Crippen molar-refractivity contribution in [3.8, 4) is 12.3 Å². The van der Waals surface area contributed by atoms with Crippen LogP contribution in [-0.2, 0) is 36.9 Å². The van der Waals surface area contributed by atoms with Gasteiger partial charge in [-0.05, 0) is 11.1 Å². The van der Waals surface area contributed by atoms with Gasteiger partial charge in [-0.3, -0.25) is 0 Å². The molecule has 0 radical (unpaired) electrons. The maximum absolute atomic E-state index is 6.17. The van der Waals surface area contributed by atoms with Gasteiger partial charge >= 0.3 is 0 Å². The highest BCUT2D eigenvalue weighted by Crippen LogP contribution is 2.28. The first kappa shape index (κ1) is 20.5. The Kier molecular flexibility index (Phi) is 8.04. The third kappa shape index (κ3) is 5.65. The summed E-state index contributed by atoms with van der Waals surface area (Å²) in [5, 5.41) is 0. The summed E-state index contributed by atoms with van der Waals surface area (Å²) < 4.78 is 29.3. The Morgan fingerprint density at radius 2 is 1.54 bits per heavy atom. The number of ether oxygens (including phenoxy) is 5. The fourth-order valence-corrected chi connectivity index (χ4v) is 3.17. The molecule has 0 unspecified atom stereocenters. The third-order valence-corrected chi connectivity index (χ3v) is 4.54. The van der Waals surface area contributed by atoms with Crippen LogP contribution in [-0.4, -0.2) is 44.9 Å². The fraction of sp³-hybridized carbons (Fsp3) is 0.391. The summed E-state index contributed by atoms with van der Waals surface area (Å²) in [6, 6.07) is 20.0. The van der Waals surface area contributed by atoms with Gasteiger partial charge in [-0.2, -0.15) is 0 Å². The average Bonchev–Trinajstić information content (AvgIpc) is 3.08. The molecular weight excluding hydrogens is 356 g/mol. The minimum atomic E-state index is -0.556. The predicted octanol–water partition coefficient (Wildman–Crippen LogP) is 3.18. The van der Waals surface area contributed by atoms with E-state index in [2.05, 4.69) is 5.92 Å². The summed E-state index contributed by atoms with van der Waals surface area (Å²) in [4.78, 5) is 0. The molecule has 2 aromatic rings. The van der Waals surface area contributed by atoms with E-state index in [1.807, 2.05) is 60.7 Å². The molecule has 1 aliphatic heterocycles. The molecule has 1 heterocycles. The minimum absolute atomic E-state index is 0.163. The van der Waals surface area contributed by atoms with Crippen LogP contribution in [0.5, 0.6) is 0 Å². The Bertz CT molecular complexity index is 728. The summed E-state index contributed by atoms with van der Waals surface area (Å²) in [5.74, 6) is 2.49. The quantitative estimate of drug-likeness (QED) is 0.591. The van der Waals surface area contributed by atoms with Gasteiger partial charge in [0.1, 0.15) is 24.9 Å². The number of terminal acetylenes is 1. The summed E-state index contributed by atoms with van der Waals surface area (Å²) in [6.45, 7) is 1.47. The number of rotatable bonds is 10. The molecule has 3 rings (SSSR count). The zero-order valence-electron chi connectivity index (χ0n) is 16.0. The predicted molar refractivity (Wildman–Crippen MR) is 105 cm³/mol. The van der Waals surface area contributed by atoms with Crippen LogP contribution in [0, 0.1) is 12.3 Å². The van der Waals surface area contributed by atoms with Crippen LogP contribution in [0.1, 0.15) is 11.1 Å². The summed E-state index contributed by atoms with van der Waals surface area (Å²) in [5.41, 5.74) is 2.17. The van der Waals surface area contributed by atoms with E-state index in [1.165, 1.54) is 0 Å². The molecule has 0 spiro atoms. The maximum Gasteiger partial charge on any atom is 0.186 e. The Labute approximate surface area is 166 Å². The average molecular weight is 382 g/mol. The molecule has 0 bridgehead atoms. The summed E-state index contributed by atoms with van der Waals surface area (Å²) in [6.07, 6.45) is 3.71. The molecular formula is C23H26O5. The first-order valence-electron chi connectivity index (χ1n) is 9.32. The Morgan fingerprint density at radius 3 is 2.14 bits per heavy atom. The van der Waals surface area contributed by atoms with Crippen LogP contribution in [0.15, 0.2) is 60.7 Å². The summed E-state index contributed by atoms with van der Waals surface area (Å²) in [7, 11) is 1.58. The fourth-order valence-electron chi connectivity index (χ4n) is 3.17. The molecule has 4 atom stereocenters. The van der Waals surface area contributed by atoms with Crippen molar-refractivity contribution < 1.29 is 23.7 Å². The van der Waals surface area contributed by atoms with Crippen LogP contribution in [0.4, 0.5) is 0 Å². The molecule has 0 aliphatic carbocycles. The Balaban J connectivity index is 1.63. The lowest BCUT2D eigenvalue weighted by Crippen LogP contribution is -2.39. The van der Waals surface area contributed by atoms with E-state index in [9.17, 15) is 0 Å². The van der Waals surface area contributed by atoms with E-state index in [0.717, 1.165) is 11.1 Å². The van der Waals surface area contributed by atoms with Crippen molar-refractivity contribution >= 4 is 0 Å². The van der Waals surface area contributed by atoms with Gasteiger partial charge in [0.2, 0.25) is 0 Å². The van der Waals surface area contributed by atoms with Crippen LogP contribution >= 0.6 is 0 Å². The lowest BCUT2D eigenvalue weighted by Gasteiger charge is -2.23. The van der Waals surface area contributed by atoms with Crippen molar-refractivity contribution in [3.05, 3.63) is 71.8 Å². The largest absolute Gasteiger partial charge is 0.374 e. The van der Waals surface area contributed by atoms with Crippen molar-refractivity contribution in [2.75, 3.05) is 20.3 Å². The van der Waals surface area contributed by atoms with Gasteiger partial charge in [-0.1, -0.05) is 66.6 Å². The van der Waals surface area contributed by atoms with Gasteiger partial charge in [0.25, 0.3) is 0 Å². The molecule has 0 aromatic heterocycles. The number of hydrogen-bond acceptors (Lipinski definition) is 5. The number of hydrogen-bond donors (Lipinski definition) is 0. The highest BCUT2D eigenvalue weighted by molar-refractivity contribution is 5.14. The second-order valence-electron chi connectivity index (χ2n) is 6.52. The minimum Gasteiger partial charge on any atom is -0.374 e. The van der Waals surface area contributed by atoms with Crippen molar-refractivity contribution in [1.82, 2.24) is 0 Å². The van der Waals surface area contributed by atoms with Crippen molar-refractivity contribution in [2.24, 2.45) is 0 Å². The van der Waals surface area contributed by atoms with Gasteiger partial charge < -0.3 is 23.7 Å². The normalized spacial score (nSPS) is 24.1. The zero-order valence-corrected chi connectivity index (χ0v) is 16.0. The monoisotopic (exact) mass is 382 g/mol. The lowest BCUT2D eigenvalue weighted by atomic mass is 10.1. The van der Waals surface area contributed by atoms with Crippen molar-refractivity contribution in [1.29, 1.82) is 0 Å². The topological polar surface area (TPSA) is 46.2 Å². The van der Waals surface area contributed by atoms with Crippen molar-refractivity contribution in [2.45, 2.75) is 37.8 Å². The van der Waals surface area contributed by atoms with E-state index >= 15 is 0 Å². The molecule has 0 saturated carbocycles. The van der Waals surface area contributed by atoms with Gasteiger partial charge in [0.15, 0.2) is 6.29 Å². The molecule has 28 heavy (non-hydrogen) atoms. The highest BCUT2D eigenvalue weighted by atomic mass is 16.7. The lowest BCUT2D eigenvalue weighted by molar-refractivity contribution is -0.165. The molecule has 1 saturated heterocycles. The van der Waals surface area contributed by atoms with Crippen LogP contribution in [0.3, 0.4) is 0 Å². The molecule has 0 N–H and O–H groups in total. The maximum atomic E-state index is 6.17. The first-order chi connectivity index (χ1) is 13.8. The first-order valence-corrected chi connectivity index (χ1v) is 9.32. The highest BCUT2D eigenvalue weighted by Gasteiger charge is 2.46. The van der Waals surface area contributed by atoms with Gasteiger partial charge in [0, 0.05) is 7.11 Å². The number of benzene rings is 2.